The first-order valence-corrected chi connectivity index (χ1v) is 6.28. The number of nitrogens with two attached hydrogens (primary N) is 1. The number of amides is 1. The fourth-order valence-corrected chi connectivity index (χ4v) is 2.51. The minimum Gasteiger partial charge on any atom is -0.399 e. The largest absolute Gasteiger partial charge is 0.399 e. The standard InChI is InChI=1S/C14H20N2O.ClH/c1-16(10-11-4-2-3-5-11)14(17)12-6-8-13(15)9-7-12;/h6-9,11H,2-5,10,15H2,1H3;1H. The Balaban J connectivity index is 0.00000162. The smallest absolute Gasteiger partial charge is 0.253 e. The van der Waals surface area contributed by atoms with Crippen molar-refractivity contribution < 1.29 is 4.79 Å². The summed E-state index contributed by atoms with van der Waals surface area (Å²) in [6.45, 7) is 0.878. The third-order valence-corrected chi connectivity index (χ3v) is 3.51. The summed E-state index contributed by atoms with van der Waals surface area (Å²) in [7, 11) is 1.89. The van der Waals surface area contributed by atoms with Crippen molar-refractivity contribution in [3.63, 3.8) is 0 Å². The Morgan fingerprint density at radius 2 is 1.83 bits per heavy atom. The molecule has 0 aromatic heterocycles. The molecule has 1 aromatic carbocycles. The van der Waals surface area contributed by atoms with Gasteiger partial charge in [-0.2, -0.15) is 0 Å². The number of nitrogens with zero attached hydrogens (tertiary/aromatic N) is 1. The van der Waals surface area contributed by atoms with Gasteiger partial charge in [0.15, 0.2) is 0 Å². The van der Waals surface area contributed by atoms with Crippen molar-refractivity contribution in [1.29, 1.82) is 0 Å². The van der Waals surface area contributed by atoms with Crippen molar-refractivity contribution >= 4 is 24.0 Å². The molecular formula is C14H21ClN2O. The van der Waals surface area contributed by atoms with Crippen molar-refractivity contribution in [2.75, 3.05) is 19.3 Å². The molecule has 2 rings (SSSR count). The van der Waals surface area contributed by atoms with Crippen molar-refractivity contribution in [2.45, 2.75) is 25.7 Å². The zero-order valence-electron chi connectivity index (χ0n) is 10.8. The van der Waals surface area contributed by atoms with E-state index in [9.17, 15) is 4.79 Å². The van der Waals surface area contributed by atoms with Gasteiger partial charge >= 0.3 is 0 Å². The number of halogens is 1. The van der Waals surface area contributed by atoms with Gasteiger partial charge in [0.25, 0.3) is 5.91 Å². The van der Waals surface area contributed by atoms with E-state index < -0.39 is 0 Å². The first kappa shape index (κ1) is 14.8. The van der Waals surface area contributed by atoms with E-state index in [1.807, 2.05) is 11.9 Å². The highest BCUT2D eigenvalue weighted by Crippen LogP contribution is 2.25. The zero-order valence-corrected chi connectivity index (χ0v) is 11.6. The second-order valence-electron chi connectivity index (χ2n) is 4.96. The van der Waals surface area contributed by atoms with Crippen LogP contribution >= 0.6 is 12.4 Å². The van der Waals surface area contributed by atoms with E-state index >= 15 is 0 Å². The molecule has 0 spiro atoms. The fraction of sp³-hybridized carbons (Fsp3) is 0.500. The molecule has 1 saturated carbocycles. The molecule has 0 saturated heterocycles. The molecule has 3 nitrogen and oxygen atoms in total. The zero-order chi connectivity index (χ0) is 12.3. The summed E-state index contributed by atoms with van der Waals surface area (Å²) in [6.07, 6.45) is 5.15. The minimum atomic E-state index is 0. The summed E-state index contributed by atoms with van der Waals surface area (Å²) in [5, 5.41) is 0. The summed E-state index contributed by atoms with van der Waals surface area (Å²) in [5.74, 6) is 0.787. The predicted octanol–water partition coefficient (Wildman–Crippen LogP) is 2.95. The molecule has 1 aromatic rings. The second-order valence-corrected chi connectivity index (χ2v) is 4.96. The minimum absolute atomic E-state index is 0. The van der Waals surface area contributed by atoms with E-state index in [1.165, 1.54) is 25.7 Å². The number of hydrogen-bond donors (Lipinski definition) is 1. The average molecular weight is 269 g/mol. The molecule has 100 valence electrons. The molecule has 1 amide bonds. The number of carbonyl (C=O) groups is 1. The molecule has 4 heteroatoms. The molecule has 1 fully saturated rings. The van der Waals surface area contributed by atoms with Gasteiger partial charge in [-0.15, -0.1) is 12.4 Å². The van der Waals surface area contributed by atoms with Crippen LogP contribution in [0.1, 0.15) is 36.0 Å². The van der Waals surface area contributed by atoms with E-state index in [2.05, 4.69) is 0 Å². The number of anilines is 1. The van der Waals surface area contributed by atoms with Crippen LogP contribution < -0.4 is 5.73 Å². The quantitative estimate of drug-likeness (QED) is 0.857. The third kappa shape index (κ3) is 3.64. The molecule has 0 bridgehead atoms. The molecule has 0 atom stereocenters. The van der Waals surface area contributed by atoms with E-state index in [4.69, 9.17) is 5.73 Å². The Morgan fingerprint density at radius 1 is 1.28 bits per heavy atom. The van der Waals surface area contributed by atoms with Crippen LogP contribution in [0, 0.1) is 5.92 Å². The van der Waals surface area contributed by atoms with Gasteiger partial charge in [-0.3, -0.25) is 4.79 Å². The van der Waals surface area contributed by atoms with Crippen LogP contribution in [0.2, 0.25) is 0 Å². The number of benzene rings is 1. The lowest BCUT2D eigenvalue weighted by atomic mass is 10.1. The topological polar surface area (TPSA) is 46.3 Å². The van der Waals surface area contributed by atoms with E-state index in [0.29, 0.717) is 11.6 Å². The van der Waals surface area contributed by atoms with Crippen LogP contribution in [0.25, 0.3) is 0 Å². The molecule has 18 heavy (non-hydrogen) atoms. The molecular weight excluding hydrogens is 248 g/mol. The van der Waals surface area contributed by atoms with Crippen LogP contribution in [0.5, 0.6) is 0 Å². The maximum Gasteiger partial charge on any atom is 0.253 e. The van der Waals surface area contributed by atoms with Crippen LogP contribution in [-0.2, 0) is 0 Å². The van der Waals surface area contributed by atoms with E-state index in [1.54, 1.807) is 24.3 Å². The number of hydrogen-bond acceptors (Lipinski definition) is 2. The van der Waals surface area contributed by atoms with Gasteiger partial charge in [-0.05, 0) is 43.0 Å². The van der Waals surface area contributed by atoms with Crippen molar-refractivity contribution in [1.82, 2.24) is 4.90 Å². The molecule has 1 aliphatic rings. The van der Waals surface area contributed by atoms with Gasteiger partial charge in [-0.25, -0.2) is 0 Å². The lowest BCUT2D eigenvalue weighted by Gasteiger charge is -2.21. The summed E-state index contributed by atoms with van der Waals surface area (Å²) in [5.41, 5.74) is 7.03. The lowest BCUT2D eigenvalue weighted by Crippen LogP contribution is -2.31. The molecule has 0 aliphatic heterocycles. The highest BCUT2D eigenvalue weighted by molar-refractivity contribution is 5.94. The Kier molecular flexibility index (Phi) is 5.48. The monoisotopic (exact) mass is 268 g/mol. The normalized spacial score (nSPS) is 15.2. The molecule has 1 aliphatic carbocycles. The molecule has 0 radical (unpaired) electrons. The van der Waals surface area contributed by atoms with Gasteiger partial charge in [0.2, 0.25) is 0 Å². The summed E-state index contributed by atoms with van der Waals surface area (Å²) in [4.78, 5) is 14.0. The number of nitrogen functional groups attached to an aromatic ring is 1. The molecule has 0 heterocycles. The first-order valence-electron chi connectivity index (χ1n) is 6.28. The second kappa shape index (κ2) is 6.64. The highest BCUT2D eigenvalue weighted by Gasteiger charge is 2.19. The van der Waals surface area contributed by atoms with E-state index in [0.717, 1.165) is 12.1 Å². The van der Waals surface area contributed by atoms with Gasteiger partial charge in [-0.1, -0.05) is 12.8 Å². The maximum atomic E-state index is 12.1. The molecule has 0 unspecified atom stereocenters. The van der Waals surface area contributed by atoms with Crippen LogP contribution in [0.3, 0.4) is 0 Å². The lowest BCUT2D eigenvalue weighted by molar-refractivity contribution is 0.0773. The first-order chi connectivity index (χ1) is 8.16. The Hall–Kier alpha value is -1.22. The van der Waals surface area contributed by atoms with Crippen LogP contribution in [0.4, 0.5) is 5.69 Å². The third-order valence-electron chi connectivity index (χ3n) is 3.51. The fourth-order valence-electron chi connectivity index (χ4n) is 2.51. The van der Waals surface area contributed by atoms with Gasteiger partial charge in [0.1, 0.15) is 0 Å². The van der Waals surface area contributed by atoms with Crippen LogP contribution in [0.15, 0.2) is 24.3 Å². The van der Waals surface area contributed by atoms with E-state index in [-0.39, 0.29) is 18.3 Å². The SMILES string of the molecule is CN(CC1CCCC1)C(=O)c1ccc(N)cc1.Cl. The highest BCUT2D eigenvalue weighted by atomic mass is 35.5. The Morgan fingerprint density at radius 3 is 2.39 bits per heavy atom. The van der Waals surface area contributed by atoms with Crippen molar-refractivity contribution in [3.05, 3.63) is 29.8 Å². The summed E-state index contributed by atoms with van der Waals surface area (Å²) < 4.78 is 0. The number of rotatable bonds is 3. The van der Waals surface area contributed by atoms with Crippen LogP contribution in [-0.4, -0.2) is 24.4 Å². The maximum absolute atomic E-state index is 12.1. The average Bonchev–Trinajstić information content (AvgIpc) is 2.82. The Labute approximate surface area is 115 Å². The summed E-state index contributed by atoms with van der Waals surface area (Å²) in [6, 6.07) is 7.14. The van der Waals surface area contributed by atoms with Crippen molar-refractivity contribution in [2.24, 2.45) is 5.92 Å². The number of carbonyl (C=O) groups excluding carboxylic acids is 1. The molecule has 2 N–H and O–H groups in total. The van der Waals surface area contributed by atoms with Gasteiger partial charge < -0.3 is 10.6 Å². The predicted molar refractivity (Wildman–Crippen MR) is 77.0 cm³/mol. The van der Waals surface area contributed by atoms with Crippen molar-refractivity contribution in [3.8, 4) is 0 Å². The summed E-state index contributed by atoms with van der Waals surface area (Å²) >= 11 is 0. The van der Waals surface area contributed by atoms with Gasteiger partial charge in [0, 0.05) is 24.8 Å². The Bertz CT molecular complexity index is 385. The van der Waals surface area contributed by atoms with Gasteiger partial charge in [0.05, 0.1) is 0 Å².